The van der Waals surface area contributed by atoms with E-state index >= 15 is 0 Å². The number of carbonyl (C=O) groups is 3. The lowest BCUT2D eigenvalue weighted by Crippen LogP contribution is -2.25. The molecule has 0 radical (unpaired) electrons. The summed E-state index contributed by atoms with van der Waals surface area (Å²) >= 11 is 6.12. The van der Waals surface area contributed by atoms with E-state index in [0.29, 0.717) is 22.6 Å². The van der Waals surface area contributed by atoms with Crippen molar-refractivity contribution in [1.82, 2.24) is 0 Å². The molecule has 1 heterocycles. The standard InChI is InChI=1S/C19H19ClO6/c1-19(2,3)18(23)26-9-25-17(22)13-8-12(13)15(21)11-6-10-4-5-24-16(10)14(20)7-11/h4-7,12-13H,8-9H2,1-3H3/t12-,13-/m0/s1. The molecule has 1 aromatic carbocycles. The minimum absolute atomic E-state index is 0.163. The van der Waals surface area contributed by atoms with Crippen LogP contribution in [0.5, 0.6) is 0 Å². The van der Waals surface area contributed by atoms with Gasteiger partial charge >= 0.3 is 11.9 Å². The highest BCUT2D eigenvalue weighted by atomic mass is 35.5. The molecule has 3 rings (SSSR count). The third kappa shape index (κ3) is 3.75. The van der Waals surface area contributed by atoms with E-state index in [1.807, 2.05) is 0 Å². The van der Waals surface area contributed by atoms with Gasteiger partial charge in [-0.05, 0) is 45.4 Å². The van der Waals surface area contributed by atoms with Gasteiger partial charge < -0.3 is 13.9 Å². The molecule has 0 saturated heterocycles. The lowest BCUT2D eigenvalue weighted by atomic mass is 9.98. The van der Waals surface area contributed by atoms with Crippen molar-refractivity contribution in [3.8, 4) is 0 Å². The van der Waals surface area contributed by atoms with Crippen LogP contribution in [-0.4, -0.2) is 24.5 Å². The molecule has 0 N–H and O–H groups in total. The molecule has 1 aliphatic rings. The van der Waals surface area contributed by atoms with Crippen molar-refractivity contribution in [2.75, 3.05) is 6.79 Å². The van der Waals surface area contributed by atoms with Gasteiger partial charge in [0, 0.05) is 16.9 Å². The summed E-state index contributed by atoms with van der Waals surface area (Å²) in [6.45, 7) is 4.66. The zero-order valence-electron chi connectivity index (χ0n) is 14.7. The van der Waals surface area contributed by atoms with Crippen LogP contribution in [0.25, 0.3) is 11.0 Å². The van der Waals surface area contributed by atoms with E-state index in [1.54, 1.807) is 39.0 Å². The Bertz CT molecular complexity index is 876. The van der Waals surface area contributed by atoms with Gasteiger partial charge in [-0.1, -0.05) is 11.6 Å². The highest BCUT2D eigenvalue weighted by Gasteiger charge is 2.49. The molecule has 0 bridgehead atoms. The summed E-state index contributed by atoms with van der Waals surface area (Å²) in [6, 6.07) is 4.96. The van der Waals surface area contributed by atoms with Crippen LogP contribution >= 0.6 is 11.6 Å². The van der Waals surface area contributed by atoms with Gasteiger partial charge in [0.25, 0.3) is 0 Å². The fourth-order valence-corrected chi connectivity index (χ4v) is 2.88. The maximum atomic E-state index is 12.6. The van der Waals surface area contributed by atoms with Gasteiger partial charge in [0.1, 0.15) is 0 Å². The maximum Gasteiger partial charge on any atom is 0.314 e. The van der Waals surface area contributed by atoms with Crippen LogP contribution in [0.3, 0.4) is 0 Å². The minimum atomic E-state index is -0.671. The van der Waals surface area contributed by atoms with Crippen molar-refractivity contribution in [2.45, 2.75) is 27.2 Å². The summed E-state index contributed by atoms with van der Waals surface area (Å²) in [5, 5.41) is 1.08. The van der Waals surface area contributed by atoms with Crippen molar-refractivity contribution in [1.29, 1.82) is 0 Å². The molecule has 2 aromatic rings. The molecule has 0 spiro atoms. The van der Waals surface area contributed by atoms with Gasteiger partial charge in [0.05, 0.1) is 22.6 Å². The number of halogens is 1. The second-order valence-electron chi connectivity index (χ2n) is 7.37. The zero-order chi connectivity index (χ0) is 19.1. The van der Waals surface area contributed by atoms with Gasteiger partial charge in [0.15, 0.2) is 11.4 Å². The van der Waals surface area contributed by atoms with E-state index < -0.39 is 36.0 Å². The van der Waals surface area contributed by atoms with E-state index in [9.17, 15) is 14.4 Å². The predicted molar refractivity (Wildman–Crippen MR) is 93.7 cm³/mol. The van der Waals surface area contributed by atoms with E-state index in [4.69, 9.17) is 25.5 Å². The molecule has 0 aliphatic heterocycles. The van der Waals surface area contributed by atoms with Crippen LogP contribution in [0.15, 0.2) is 28.9 Å². The molecule has 7 heteroatoms. The molecule has 0 unspecified atom stereocenters. The van der Waals surface area contributed by atoms with Gasteiger partial charge in [-0.25, -0.2) is 0 Å². The number of benzene rings is 1. The van der Waals surface area contributed by atoms with Crippen molar-refractivity contribution in [3.63, 3.8) is 0 Å². The number of hydrogen-bond donors (Lipinski definition) is 0. The smallest absolute Gasteiger partial charge is 0.314 e. The number of hydrogen-bond acceptors (Lipinski definition) is 6. The molecule has 1 aliphatic carbocycles. The van der Waals surface area contributed by atoms with E-state index in [2.05, 4.69) is 0 Å². The molecule has 6 nitrogen and oxygen atoms in total. The van der Waals surface area contributed by atoms with Gasteiger partial charge in [-0.2, -0.15) is 0 Å². The quantitative estimate of drug-likeness (QED) is 0.444. The normalized spacial score (nSPS) is 19.2. The molecule has 1 aromatic heterocycles. The van der Waals surface area contributed by atoms with E-state index in [1.165, 1.54) is 6.26 Å². The summed E-state index contributed by atoms with van der Waals surface area (Å²) in [5.74, 6) is -2.13. The van der Waals surface area contributed by atoms with Crippen LogP contribution < -0.4 is 0 Å². The first-order valence-corrected chi connectivity index (χ1v) is 8.61. The summed E-state index contributed by atoms with van der Waals surface area (Å²) in [7, 11) is 0. The van der Waals surface area contributed by atoms with Crippen molar-refractivity contribution >= 4 is 40.3 Å². The Kier molecular flexibility index (Phi) is 4.80. The van der Waals surface area contributed by atoms with Crippen molar-refractivity contribution in [2.24, 2.45) is 17.3 Å². The summed E-state index contributed by atoms with van der Waals surface area (Å²) in [4.78, 5) is 36.2. The Morgan fingerprint density at radius 1 is 1.19 bits per heavy atom. The van der Waals surface area contributed by atoms with Crippen molar-refractivity contribution < 1.29 is 28.3 Å². The van der Waals surface area contributed by atoms with Crippen LogP contribution in [0.2, 0.25) is 5.02 Å². The summed E-state index contributed by atoms with van der Waals surface area (Å²) in [6.07, 6.45) is 1.91. The highest BCUT2D eigenvalue weighted by Crippen LogP contribution is 2.42. The number of carbonyl (C=O) groups excluding carboxylic acids is 3. The van der Waals surface area contributed by atoms with E-state index in [0.717, 1.165) is 5.39 Å². The Hall–Kier alpha value is -2.34. The molecular formula is C19H19ClO6. The zero-order valence-corrected chi connectivity index (χ0v) is 15.5. The molecule has 2 atom stereocenters. The number of ketones is 1. The average molecular weight is 379 g/mol. The van der Waals surface area contributed by atoms with Gasteiger partial charge in [-0.3, -0.25) is 14.4 Å². The largest absolute Gasteiger partial charge is 0.463 e. The maximum absolute atomic E-state index is 12.6. The number of Topliss-reactive ketones (excluding diaryl/α,β-unsaturated/α-hetero) is 1. The lowest BCUT2D eigenvalue weighted by molar-refractivity contribution is -0.174. The second kappa shape index (κ2) is 6.76. The molecule has 0 amide bonds. The summed E-state index contributed by atoms with van der Waals surface area (Å²) < 4.78 is 15.1. The first-order valence-electron chi connectivity index (χ1n) is 8.23. The fraction of sp³-hybridized carbons (Fsp3) is 0.421. The molecular weight excluding hydrogens is 360 g/mol. The Morgan fingerprint density at radius 3 is 2.62 bits per heavy atom. The third-order valence-electron chi connectivity index (χ3n) is 4.22. The van der Waals surface area contributed by atoms with Gasteiger partial charge in [0.2, 0.25) is 6.79 Å². The van der Waals surface area contributed by atoms with Crippen molar-refractivity contribution in [3.05, 3.63) is 35.0 Å². The average Bonchev–Trinajstić information content (AvgIpc) is 3.22. The van der Waals surface area contributed by atoms with Crippen LogP contribution in [0, 0.1) is 17.3 Å². The third-order valence-corrected chi connectivity index (χ3v) is 4.50. The lowest BCUT2D eigenvalue weighted by Gasteiger charge is -2.16. The monoisotopic (exact) mass is 378 g/mol. The van der Waals surface area contributed by atoms with Crippen LogP contribution in [0.4, 0.5) is 0 Å². The Morgan fingerprint density at radius 2 is 1.92 bits per heavy atom. The highest BCUT2D eigenvalue weighted by molar-refractivity contribution is 6.35. The number of ether oxygens (including phenoxy) is 2. The topological polar surface area (TPSA) is 82.8 Å². The first kappa shape index (κ1) is 18.5. The first-order chi connectivity index (χ1) is 12.2. The Labute approximate surface area is 155 Å². The molecule has 1 fully saturated rings. The summed E-state index contributed by atoms with van der Waals surface area (Å²) in [5.41, 5.74) is 0.286. The number of rotatable bonds is 5. The number of esters is 2. The van der Waals surface area contributed by atoms with Crippen LogP contribution in [-0.2, 0) is 19.1 Å². The number of fused-ring (bicyclic) bond motifs is 1. The second-order valence-corrected chi connectivity index (χ2v) is 7.78. The fourth-order valence-electron chi connectivity index (χ4n) is 2.60. The molecule has 1 saturated carbocycles. The van der Waals surface area contributed by atoms with Gasteiger partial charge in [-0.15, -0.1) is 0 Å². The Balaban J connectivity index is 1.56. The minimum Gasteiger partial charge on any atom is -0.463 e. The predicted octanol–water partition coefficient (Wildman–Crippen LogP) is 4.00. The number of furan rings is 1. The van der Waals surface area contributed by atoms with Crippen LogP contribution in [0.1, 0.15) is 37.6 Å². The van der Waals surface area contributed by atoms with E-state index in [-0.39, 0.29) is 5.78 Å². The molecule has 138 valence electrons. The molecule has 26 heavy (non-hydrogen) atoms. The SMILES string of the molecule is CC(C)(C)C(=O)OCOC(=O)[C@H]1C[C@@H]1C(=O)c1cc(Cl)c2occc2c1.